The molecule has 0 saturated heterocycles. The second kappa shape index (κ2) is 8.90. The van der Waals surface area contributed by atoms with Crippen molar-refractivity contribution in [3.63, 3.8) is 0 Å². The number of rotatable bonds is 8. The number of pyridine rings is 1. The van der Waals surface area contributed by atoms with Crippen LogP contribution in [0.4, 0.5) is 5.82 Å². The van der Waals surface area contributed by atoms with Gasteiger partial charge >= 0.3 is 0 Å². The molecule has 0 aliphatic heterocycles. The molecule has 1 saturated carbocycles. The van der Waals surface area contributed by atoms with Crippen molar-refractivity contribution in [1.29, 1.82) is 0 Å². The van der Waals surface area contributed by atoms with Gasteiger partial charge in [0.1, 0.15) is 17.3 Å². The molecule has 3 heterocycles. The van der Waals surface area contributed by atoms with Crippen LogP contribution in [0.1, 0.15) is 25.8 Å². The predicted octanol–water partition coefficient (Wildman–Crippen LogP) is 4.06. The predicted molar refractivity (Wildman–Crippen MR) is 130 cm³/mol. The van der Waals surface area contributed by atoms with Crippen molar-refractivity contribution in [2.75, 3.05) is 26.1 Å². The molecule has 176 valence electrons. The van der Waals surface area contributed by atoms with Crippen LogP contribution in [0.5, 0.6) is 5.75 Å². The zero-order chi connectivity index (χ0) is 23.8. The third kappa shape index (κ3) is 4.03. The van der Waals surface area contributed by atoms with Crippen LogP contribution in [0, 0.1) is 5.92 Å². The Balaban J connectivity index is 1.57. The number of anilines is 1. The lowest BCUT2D eigenvalue weighted by atomic mass is 10.0. The summed E-state index contributed by atoms with van der Waals surface area (Å²) in [5, 5.41) is 13.1. The lowest BCUT2D eigenvalue weighted by Crippen LogP contribution is -2.14. The summed E-state index contributed by atoms with van der Waals surface area (Å²) in [6.07, 6.45) is 7.46. The van der Waals surface area contributed by atoms with E-state index in [-0.39, 0.29) is 17.9 Å². The molecule has 0 bridgehead atoms. The van der Waals surface area contributed by atoms with Gasteiger partial charge < -0.3 is 14.8 Å². The second-order valence-electron chi connectivity index (χ2n) is 8.72. The number of benzene rings is 1. The first kappa shape index (κ1) is 22.1. The Hall–Kier alpha value is -3.72. The van der Waals surface area contributed by atoms with Gasteiger partial charge in [-0.25, -0.2) is 4.98 Å². The number of hydrogen-bond donors (Lipinski definition) is 1. The van der Waals surface area contributed by atoms with Crippen molar-refractivity contribution < 1.29 is 14.3 Å². The molecule has 1 fully saturated rings. The molecule has 1 N–H and O–H groups in total. The highest BCUT2D eigenvalue weighted by atomic mass is 16.5. The van der Waals surface area contributed by atoms with Gasteiger partial charge in [0, 0.05) is 48.3 Å². The summed E-state index contributed by atoms with van der Waals surface area (Å²) in [7, 11) is 5.23. The molecular weight excluding hydrogens is 432 g/mol. The topological polar surface area (TPSA) is 96.1 Å². The third-order valence-electron chi connectivity index (χ3n) is 6.18. The van der Waals surface area contributed by atoms with E-state index in [0.29, 0.717) is 18.2 Å². The molecule has 1 aliphatic carbocycles. The minimum atomic E-state index is 0.0246. The number of methoxy groups -OCH3 is 2. The molecule has 9 nitrogen and oxygen atoms in total. The molecule has 4 aromatic rings. The molecule has 3 aromatic heterocycles. The van der Waals surface area contributed by atoms with Crippen LogP contribution in [0.2, 0.25) is 0 Å². The van der Waals surface area contributed by atoms with Gasteiger partial charge in [0.2, 0.25) is 5.91 Å². The number of aryl methyl sites for hydroxylation is 1. The van der Waals surface area contributed by atoms with Gasteiger partial charge in [0.05, 0.1) is 37.7 Å². The molecule has 1 aromatic carbocycles. The van der Waals surface area contributed by atoms with Crippen LogP contribution in [0.15, 0.2) is 42.9 Å². The molecule has 0 radical (unpaired) electrons. The summed E-state index contributed by atoms with van der Waals surface area (Å²) in [6, 6.07) is 7.99. The van der Waals surface area contributed by atoms with Crippen LogP contribution in [0.25, 0.3) is 33.3 Å². The summed E-state index contributed by atoms with van der Waals surface area (Å²) in [5.74, 6) is 1.37. The van der Waals surface area contributed by atoms with E-state index in [0.717, 1.165) is 46.1 Å². The van der Waals surface area contributed by atoms with E-state index in [1.165, 1.54) is 0 Å². The van der Waals surface area contributed by atoms with Crippen molar-refractivity contribution in [1.82, 2.24) is 24.5 Å². The van der Waals surface area contributed by atoms with Crippen LogP contribution in [-0.4, -0.2) is 51.3 Å². The molecule has 0 unspecified atom stereocenters. The van der Waals surface area contributed by atoms with Crippen LogP contribution in [-0.2, 0) is 16.6 Å². The smallest absolute Gasteiger partial charge is 0.228 e. The zero-order valence-electron chi connectivity index (χ0n) is 19.8. The summed E-state index contributed by atoms with van der Waals surface area (Å²) >= 11 is 0. The van der Waals surface area contributed by atoms with Gasteiger partial charge in [-0.2, -0.15) is 10.2 Å². The van der Waals surface area contributed by atoms with Crippen LogP contribution >= 0.6 is 0 Å². The van der Waals surface area contributed by atoms with E-state index in [1.807, 2.05) is 48.4 Å². The molecule has 1 atom stereocenters. The average Bonchev–Trinajstić information content (AvgIpc) is 3.49. The normalized spacial score (nSPS) is 14.4. The molecule has 5 rings (SSSR count). The Morgan fingerprint density at radius 3 is 2.76 bits per heavy atom. The summed E-state index contributed by atoms with van der Waals surface area (Å²) in [5.41, 5.74) is 4.36. The van der Waals surface area contributed by atoms with Gasteiger partial charge in [-0.15, -0.1) is 0 Å². The first-order valence-electron chi connectivity index (χ1n) is 11.3. The second-order valence-corrected chi connectivity index (χ2v) is 8.72. The highest BCUT2D eigenvalue weighted by Crippen LogP contribution is 2.41. The van der Waals surface area contributed by atoms with Gasteiger partial charge in [-0.1, -0.05) is 12.1 Å². The molecule has 34 heavy (non-hydrogen) atoms. The molecule has 1 amide bonds. The lowest BCUT2D eigenvalue weighted by Gasteiger charge is -2.12. The van der Waals surface area contributed by atoms with E-state index in [4.69, 9.17) is 14.6 Å². The first-order chi connectivity index (χ1) is 16.5. The quantitative estimate of drug-likeness (QED) is 0.426. The van der Waals surface area contributed by atoms with Crippen molar-refractivity contribution in [3.05, 3.63) is 42.9 Å². The SMILES string of the molecule is COC[C@H](C)n1cc(-c2cccc(-c3nn(C)c4cnc(NC(=O)C5CC5)cc34)c2OC)cn1. The van der Waals surface area contributed by atoms with E-state index in [2.05, 4.69) is 22.3 Å². The van der Waals surface area contributed by atoms with Crippen molar-refractivity contribution >= 4 is 22.6 Å². The Bertz CT molecular complexity index is 1350. The van der Waals surface area contributed by atoms with Gasteiger partial charge in [0.15, 0.2) is 0 Å². The third-order valence-corrected chi connectivity index (χ3v) is 6.18. The first-order valence-corrected chi connectivity index (χ1v) is 11.3. The fourth-order valence-electron chi connectivity index (χ4n) is 4.20. The van der Waals surface area contributed by atoms with Crippen molar-refractivity contribution in [3.8, 4) is 28.1 Å². The Kier molecular flexibility index (Phi) is 5.79. The fraction of sp³-hybridized carbons (Fsp3) is 0.360. The number of fused-ring (bicyclic) bond motifs is 1. The number of carbonyl (C=O) groups excluding carboxylic acids is 1. The maximum atomic E-state index is 12.3. The number of hydrogen-bond acceptors (Lipinski definition) is 6. The summed E-state index contributed by atoms with van der Waals surface area (Å²) < 4.78 is 14.8. The Labute approximate surface area is 197 Å². The highest BCUT2D eigenvalue weighted by Gasteiger charge is 2.30. The largest absolute Gasteiger partial charge is 0.495 e. The number of nitrogens with zero attached hydrogens (tertiary/aromatic N) is 5. The molecule has 0 spiro atoms. The summed E-state index contributed by atoms with van der Waals surface area (Å²) in [4.78, 5) is 16.7. The van der Waals surface area contributed by atoms with E-state index in [9.17, 15) is 4.79 Å². The summed E-state index contributed by atoms with van der Waals surface area (Å²) in [6.45, 7) is 2.63. The lowest BCUT2D eigenvalue weighted by molar-refractivity contribution is -0.117. The maximum Gasteiger partial charge on any atom is 0.228 e. The van der Waals surface area contributed by atoms with E-state index in [1.54, 1.807) is 25.1 Å². The average molecular weight is 461 g/mol. The number of carbonyl (C=O) groups is 1. The minimum Gasteiger partial charge on any atom is -0.495 e. The van der Waals surface area contributed by atoms with E-state index < -0.39 is 0 Å². The van der Waals surface area contributed by atoms with Crippen LogP contribution < -0.4 is 10.1 Å². The Morgan fingerprint density at radius 1 is 1.24 bits per heavy atom. The number of amides is 1. The van der Waals surface area contributed by atoms with E-state index >= 15 is 0 Å². The number of ether oxygens (including phenoxy) is 2. The van der Waals surface area contributed by atoms with Gasteiger partial charge in [-0.05, 0) is 31.9 Å². The minimum absolute atomic E-state index is 0.0246. The highest BCUT2D eigenvalue weighted by molar-refractivity contribution is 6.00. The van der Waals surface area contributed by atoms with Gasteiger partial charge in [-0.3, -0.25) is 14.2 Å². The van der Waals surface area contributed by atoms with Gasteiger partial charge in [0.25, 0.3) is 0 Å². The Morgan fingerprint density at radius 2 is 2.03 bits per heavy atom. The fourth-order valence-corrected chi connectivity index (χ4v) is 4.20. The number of para-hydroxylation sites is 1. The zero-order valence-corrected chi connectivity index (χ0v) is 19.8. The standard InChI is InChI=1S/C25H28N6O3/c1-15(14-33-3)31-13-17(11-27-31)18-6-5-7-19(24(18)34-4)23-20-10-22(28-25(32)16-8-9-16)26-12-21(20)30(2)29-23/h5-7,10-13,15-16H,8-9,14H2,1-4H3,(H,26,28,32)/t15-/m0/s1. The number of aromatic nitrogens is 5. The monoisotopic (exact) mass is 460 g/mol. The maximum absolute atomic E-state index is 12.3. The molecule has 9 heteroatoms. The van der Waals surface area contributed by atoms with Crippen LogP contribution in [0.3, 0.4) is 0 Å². The molecular formula is C25H28N6O3. The molecule has 1 aliphatic rings. The number of nitrogens with one attached hydrogen (secondary N) is 1. The van der Waals surface area contributed by atoms with Crippen molar-refractivity contribution in [2.45, 2.75) is 25.8 Å². The van der Waals surface area contributed by atoms with Crippen molar-refractivity contribution in [2.24, 2.45) is 13.0 Å².